The predicted molar refractivity (Wildman–Crippen MR) is 129 cm³/mol. The van der Waals surface area contributed by atoms with Gasteiger partial charge < -0.3 is 4.74 Å². The summed E-state index contributed by atoms with van der Waals surface area (Å²) in [5, 5.41) is 10.6. The fourth-order valence-electron chi connectivity index (χ4n) is 3.69. The normalized spacial score (nSPS) is 11.9. The highest BCUT2D eigenvalue weighted by molar-refractivity contribution is 7.98. The van der Waals surface area contributed by atoms with Gasteiger partial charge in [0, 0.05) is 12.9 Å². The Bertz CT molecular complexity index is 1340. The lowest BCUT2D eigenvalue weighted by Gasteiger charge is -2.19. The Labute approximate surface area is 191 Å². The predicted octanol–water partition coefficient (Wildman–Crippen LogP) is 5.43. The Balaban J connectivity index is 1.62. The van der Waals surface area contributed by atoms with Crippen molar-refractivity contribution in [2.24, 2.45) is 0 Å². The van der Waals surface area contributed by atoms with Crippen LogP contribution in [0.2, 0.25) is 0 Å². The smallest absolute Gasteiger partial charge is 0.262 e. The quantitative estimate of drug-likeness (QED) is 0.282. The number of rotatable bonds is 7. The molecule has 0 bridgehead atoms. The zero-order valence-electron chi connectivity index (χ0n) is 18.0. The van der Waals surface area contributed by atoms with Crippen LogP contribution in [0, 0.1) is 11.3 Å². The highest BCUT2D eigenvalue weighted by Crippen LogP contribution is 2.27. The first-order valence-corrected chi connectivity index (χ1v) is 11.3. The maximum absolute atomic E-state index is 13.2. The van der Waals surface area contributed by atoms with Crippen LogP contribution in [0.5, 0.6) is 0 Å². The van der Waals surface area contributed by atoms with E-state index in [1.165, 1.54) is 11.8 Å². The monoisotopic (exact) mass is 441 g/mol. The SMILES string of the molecule is COCC(C)n1c(SCc2ccc(-c3ccccc3C#N)cc2)nc2ccccc2c1=O. The number of nitrogens with zero attached hydrogens (tertiary/aromatic N) is 3. The molecule has 1 unspecified atom stereocenters. The zero-order chi connectivity index (χ0) is 22.5. The molecule has 32 heavy (non-hydrogen) atoms. The molecule has 0 aliphatic rings. The number of methoxy groups -OCH3 is 1. The second kappa shape index (κ2) is 9.82. The van der Waals surface area contributed by atoms with Crippen molar-refractivity contribution < 1.29 is 4.74 Å². The summed E-state index contributed by atoms with van der Waals surface area (Å²) < 4.78 is 7.03. The Kier molecular flexibility index (Phi) is 6.69. The standard InChI is InChI=1S/C26H23N3O2S/c1-18(16-31-2)29-25(30)23-9-5-6-10-24(23)28-26(29)32-17-19-11-13-20(14-12-19)22-8-4-3-7-21(22)15-27/h3-14,18H,16-17H2,1-2H3. The molecule has 0 N–H and O–H groups in total. The molecule has 3 aromatic carbocycles. The number of para-hydroxylation sites is 1. The Morgan fingerprint density at radius 1 is 1.06 bits per heavy atom. The molecular weight excluding hydrogens is 418 g/mol. The van der Waals surface area contributed by atoms with Crippen molar-refractivity contribution in [2.45, 2.75) is 23.9 Å². The molecule has 4 aromatic rings. The van der Waals surface area contributed by atoms with E-state index in [1.807, 2.05) is 67.6 Å². The van der Waals surface area contributed by atoms with Gasteiger partial charge in [0.25, 0.3) is 5.56 Å². The molecule has 0 amide bonds. The molecule has 0 saturated heterocycles. The lowest BCUT2D eigenvalue weighted by atomic mass is 10.00. The van der Waals surface area contributed by atoms with Crippen LogP contribution in [-0.4, -0.2) is 23.3 Å². The highest BCUT2D eigenvalue weighted by Gasteiger charge is 2.16. The number of hydrogen-bond donors (Lipinski definition) is 0. The molecule has 0 saturated carbocycles. The van der Waals surface area contributed by atoms with Crippen molar-refractivity contribution in [1.29, 1.82) is 5.26 Å². The summed E-state index contributed by atoms with van der Waals surface area (Å²) in [7, 11) is 1.63. The molecule has 4 rings (SSSR count). The van der Waals surface area contributed by atoms with Crippen LogP contribution in [0.4, 0.5) is 0 Å². The van der Waals surface area contributed by atoms with Crippen LogP contribution in [0.15, 0.2) is 82.7 Å². The number of hydrogen-bond acceptors (Lipinski definition) is 5. The van der Waals surface area contributed by atoms with Crippen LogP contribution in [0.3, 0.4) is 0 Å². The lowest BCUT2D eigenvalue weighted by Crippen LogP contribution is -2.28. The van der Waals surface area contributed by atoms with Gasteiger partial charge in [-0.05, 0) is 41.8 Å². The van der Waals surface area contributed by atoms with Crippen molar-refractivity contribution in [1.82, 2.24) is 9.55 Å². The largest absolute Gasteiger partial charge is 0.383 e. The van der Waals surface area contributed by atoms with Gasteiger partial charge in [0.15, 0.2) is 5.16 Å². The van der Waals surface area contributed by atoms with Crippen LogP contribution in [-0.2, 0) is 10.5 Å². The third-order valence-electron chi connectivity index (χ3n) is 5.30. The Morgan fingerprint density at radius 2 is 1.78 bits per heavy atom. The summed E-state index contributed by atoms with van der Waals surface area (Å²) in [6, 6.07) is 25.3. The first-order chi connectivity index (χ1) is 15.6. The minimum atomic E-state index is -0.128. The summed E-state index contributed by atoms with van der Waals surface area (Å²) in [5.74, 6) is 0.671. The number of thioether (sulfide) groups is 1. The van der Waals surface area contributed by atoms with Crippen LogP contribution in [0.1, 0.15) is 24.1 Å². The number of benzene rings is 3. The van der Waals surface area contributed by atoms with Crippen LogP contribution < -0.4 is 5.56 Å². The minimum Gasteiger partial charge on any atom is -0.383 e. The van der Waals surface area contributed by atoms with Crippen LogP contribution >= 0.6 is 11.8 Å². The van der Waals surface area contributed by atoms with Gasteiger partial charge in [-0.2, -0.15) is 5.26 Å². The van der Waals surface area contributed by atoms with Crippen molar-refractivity contribution in [2.75, 3.05) is 13.7 Å². The van der Waals surface area contributed by atoms with Crippen molar-refractivity contribution >= 4 is 22.7 Å². The number of nitriles is 1. The van der Waals surface area contributed by atoms with E-state index < -0.39 is 0 Å². The molecule has 0 spiro atoms. The molecule has 0 fully saturated rings. The molecule has 0 aliphatic carbocycles. The molecule has 1 atom stereocenters. The number of ether oxygens (including phenoxy) is 1. The third kappa shape index (κ3) is 4.45. The first-order valence-electron chi connectivity index (χ1n) is 10.3. The van der Waals surface area contributed by atoms with Crippen molar-refractivity contribution in [3.63, 3.8) is 0 Å². The van der Waals surface area contributed by atoms with E-state index in [2.05, 4.69) is 18.2 Å². The van der Waals surface area contributed by atoms with E-state index in [9.17, 15) is 10.1 Å². The van der Waals surface area contributed by atoms with Gasteiger partial charge >= 0.3 is 0 Å². The van der Waals surface area contributed by atoms with Crippen LogP contribution in [0.25, 0.3) is 22.0 Å². The zero-order valence-corrected chi connectivity index (χ0v) is 18.8. The third-order valence-corrected chi connectivity index (χ3v) is 6.33. The van der Waals surface area contributed by atoms with Gasteiger partial charge in [0.05, 0.1) is 35.2 Å². The Hall–Kier alpha value is -3.40. The molecule has 5 nitrogen and oxygen atoms in total. The summed E-state index contributed by atoms with van der Waals surface area (Å²) in [6.45, 7) is 2.40. The fraction of sp³-hybridized carbons (Fsp3) is 0.192. The molecule has 0 aliphatic heterocycles. The van der Waals surface area contributed by atoms with E-state index in [0.717, 1.165) is 16.7 Å². The molecule has 6 heteroatoms. The summed E-state index contributed by atoms with van der Waals surface area (Å²) in [5.41, 5.74) is 4.35. The lowest BCUT2D eigenvalue weighted by molar-refractivity contribution is 0.156. The fourth-order valence-corrected chi connectivity index (χ4v) is 4.75. The summed E-state index contributed by atoms with van der Waals surface area (Å²) in [4.78, 5) is 17.9. The molecule has 160 valence electrons. The average Bonchev–Trinajstić information content (AvgIpc) is 2.83. The minimum absolute atomic E-state index is 0.0499. The van der Waals surface area contributed by atoms with E-state index >= 15 is 0 Å². The molecule has 1 aromatic heterocycles. The van der Waals surface area contributed by atoms with Gasteiger partial charge in [-0.3, -0.25) is 9.36 Å². The second-order valence-corrected chi connectivity index (χ2v) is 8.48. The number of fused-ring (bicyclic) bond motifs is 1. The van der Waals surface area contributed by atoms with Gasteiger partial charge in [-0.25, -0.2) is 4.98 Å². The van der Waals surface area contributed by atoms with Crippen molar-refractivity contribution in [3.8, 4) is 17.2 Å². The molecule has 0 radical (unpaired) electrons. The second-order valence-electron chi connectivity index (χ2n) is 7.53. The molecule has 1 heterocycles. The summed E-state index contributed by atoms with van der Waals surface area (Å²) >= 11 is 1.54. The maximum atomic E-state index is 13.2. The van der Waals surface area contributed by atoms with Gasteiger partial charge in [-0.1, -0.05) is 66.4 Å². The number of aromatic nitrogens is 2. The Morgan fingerprint density at radius 3 is 2.53 bits per heavy atom. The highest BCUT2D eigenvalue weighted by atomic mass is 32.2. The average molecular weight is 442 g/mol. The van der Waals surface area contributed by atoms with Crippen molar-refractivity contribution in [3.05, 3.63) is 94.3 Å². The van der Waals surface area contributed by atoms with Gasteiger partial charge in [0.1, 0.15) is 0 Å². The van der Waals surface area contributed by atoms with E-state index in [0.29, 0.717) is 34.0 Å². The maximum Gasteiger partial charge on any atom is 0.262 e. The molecular formula is C26H23N3O2S. The van der Waals surface area contributed by atoms with E-state index in [1.54, 1.807) is 11.7 Å². The van der Waals surface area contributed by atoms with E-state index in [4.69, 9.17) is 9.72 Å². The summed E-state index contributed by atoms with van der Waals surface area (Å²) in [6.07, 6.45) is 0. The van der Waals surface area contributed by atoms with E-state index in [-0.39, 0.29) is 11.6 Å². The van der Waals surface area contributed by atoms with Gasteiger partial charge in [-0.15, -0.1) is 0 Å². The topological polar surface area (TPSA) is 67.9 Å². The van der Waals surface area contributed by atoms with Gasteiger partial charge in [0.2, 0.25) is 0 Å². The first kappa shape index (κ1) is 21.8.